The van der Waals surface area contributed by atoms with Crippen LogP contribution in [0.15, 0.2) is 0 Å². The highest BCUT2D eigenvalue weighted by molar-refractivity contribution is 4.61. The largest absolute Gasteiger partial charge is 0.255 e. The number of unbranched alkanes of at least 4 members (excludes halogenated alkanes) is 1. The Morgan fingerprint density at radius 2 is 2.08 bits per heavy atom. The SMILES string of the molecule is [CH2]CNN(CCCC)C(C)CC. The van der Waals surface area contributed by atoms with Crippen LogP contribution in [0.25, 0.3) is 0 Å². The van der Waals surface area contributed by atoms with Gasteiger partial charge in [0.1, 0.15) is 0 Å². The molecule has 0 saturated carbocycles. The van der Waals surface area contributed by atoms with Crippen molar-refractivity contribution in [2.24, 2.45) is 0 Å². The fourth-order valence-corrected chi connectivity index (χ4v) is 1.15. The second-order valence-electron chi connectivity index (χ2n) is 3.21. The van der Waals surface area contributed by atoms with E-state index in [1.165, 1.54) is 19.3 Å². The monoisotopic (exact) mass is 171 g/mol. The molecule has 0 rings (SSSR count). The molecule has 0 spiro atoms. The van der Waals surface area contributed by atoms with Gasteiger partial charge in [-0.15, -0.1) is 0 Å². The number of hydrazine groups is 1. The van der Waals surface area contributed by atoms with Crippen molar-refractivity contribution in [1.82, 2.24) is 10.4 Å². The summed E-state index contributed by atoms with van der Waals surface area (Å²) >= 11 is 0. The van der Waals surface area contributed by atoms with E-state index < -0.39 is 0 Å². The maximum atomic E-state index is 3.80. The first-order valence-corrected chi connectivity index (χ1v) is 5.05. The van der Waals surface area contributed by atoms with Crippen molar-refractivity contribution in [2.75, 3.05) is 13.1 Å². The first kappa shape index (κ1) is 11.9. The van der Waals surface area contributed by atoms with Crippen molar-refractivity contribution in [3.63, 3.8) is 0 Å². The molecule has 0 aromatic rings. The number of rotatable bonds is 7. The minimum absolute atomic E-state index is 0.623. The van der Waals surface area contributed by atoms with Gasteiger partial charge in [-0.1, -0.05) is 20.3 Å². The van der Waals surface area contributed by atoms with E-state index in [0.717, 1.165) is 13.1 Å². The van der Waals surface area contributed by atoms with Gasteiger partial charge >= 0.3 is 0 Å². The first-order valence-electron chi connectivity index (χ1n) is 5.05. The van der Waals surface area contributed by atoms with Crippen molar-refractivity contribution >= 4 is 0 Å². The summed E-state index contributed by atoms with van der Waals surface area (Å²) in [5, 5.41) is 2.30. The molecular weight excluding hydrogens is 148 g/mol. The highest BCUT2D eigenvalue weighted by Gasteiger charge is 2.08. The lowest BCUT2D eigenvalue weighted by Gasteiger charge is -2.28. The predicted molar refractivity (Wildman–Crippen MR) is 54.7 cm³/mol. The van der Waals surface area contributed by atoms with Gasteiger partial charge in [0.05, 0.1) is 0 Å². The number of nitrogens with zero attached hydrogens (tertiary/aromatic N) is 1. The van der Waals surface area contributed by atoms with E-state index in [0.29, 0.717) is 6.04 Å². The molecule has 1 radical (unpaired) electrons. The van der Waals surface area contributed by atoms with Gasteiger partial charge in [0.25, 0.3) is 0 Å². The topological polar surface area (TPSA) is 15.3 Å². The highest BCUT2D eigenvalue weighted by Crippen LogP contribution is 2.01. The molecule has 2 nitrogen and oxygen atoms in total. The predicted octanol–water partition coefficient (Wildman–Crippen LogP) is 2.23. The van der Waals surface area contributed by atoms with Crippen LogP contribution in [-0.2, 0) is 0 Å². The summed E-state index contributed by atoms with van der Waals surface area (Å²) in [5.74, 6) is 0. The molecule has 2 heteroatoms. The summed E-state index contributed by atoms with van der Waals surface area (Å²) in [6, 6.07) is 0.623. The second-order valence-corrected chi connectivity index (χ2v) is 3.21. The van der Waals surface area contributed by atoms with E-state index in [2.05, 4.69) is 38.1 Å². The molecule has 1 atom stereocenters. The molecule has 0 fully saturated rings. The molecule has 0 aromatic heterocycles. The molecule has 0 aliphatic rings. The molecule has 0 amide bonds. The molecule has 73 valence electrons. The summed E-state index contributed by atoms with van der Waals surface area (Å²) < 4.78 is 0. The van der Waals surface area contributed by atoms with E-state index in [4.69, 9.17) is 0 Å². The minimum atomic E-state index is 0.623. The zero-order valence-corrected chi connectivity index (χ0v) is 8.77. The maximum Gasteiger partial charge on any atom is 0.0212 e. The van der Waals surface area contributed by atoms with Gasteiger partial charge in [0.2, 0.25) is 0 Å². The standard InChI is InChI=1S/C10H23N2/c1-5-8-9-12(11-7-3)10(4)6-2/h10-11H,3,5-9H2,1-2,4H3. The van der Waals surface area contributed by atoms with Crippen LogP contribution in [0.5, 0.6) is 0 Å². The Morgan fingerprint density at radius 1 is 1.42 bits per heavy atom. The first-order chi connectivity index (χ1) is 5.76. The Labute approximate surface area is 77.3 Å². The quantitative estimate of drug-likeness (QED) is 0.591. The van der Waals surface area contributed by atoms with Crippen LogP contribution in [0.4, 0.5) is 0 Å². The van der Waals surface area contributed by atoms with Gasteiger partial charge in [-0.2, -0.15) is 0 Å². The van der Waals surface area contributed by atoms with Gasteiger partial charge < -0.3 is 0 Å². The van der Waals surface area contributed by atoms with E-state index >= 15 is 0 Å². The van der Waals surface area contributed by atoms with E-state index in [1.54, 1.807) is 0 Å². The number of hydrogen-bond acceptors (Lipinski definition) is 2. The van der Waals surface area contributed by atoms with E-state index in [1.807, 2.05) is 0 Å². The molecule has 0 aromatic carbocycles. The van der Waals surface area contributed by atoms with Crippen LogP contribution in [0.1, 0.15) is 40.0 Å². The third-order valence-electron chi connectivity index (χ3n) is 2.19. The summed E-state index contributed by atoms with van der Waals surface area (Å²) in [6.45, 7) is 12.4. The normalized spacial score (nSPS) is 13.8. The van der Waals surface area contributed by atoms with Crippen LogP contribution in [0.3, 0.4) is 0 Å². The van der Waals surface area contributed by atoms with Gasteiger partial charge in [0, 0.05) is 19.1 Å². The lowest BCUT2D eigenvalue weighted by Crippen LogP contribution is -2.44. The Hall–Kier alpha value is -0.0800. The van der Waals surface area contributed by atoms with Crippen molar-refractivity contribution in [3.05, 3.63) is 6.92 Å². The van der Waals surface area contributed by atoms with Crippen LogP contribution < -0.4 is 5.43 Å². The third kappa shape index (κ3) is 4.73. The fourth-order valence-electron chi connectivity index (χ4n) is 1.15. The van der Waals surface area contributed by atoms with Crippen LogP contribution in [-0.4, -0.2) is 24.1 Å². The molecule has 0 aliphatic heterocycles. The molecule has 1 N–H and O–H groups in total. The average molecular weight is 171 g/mol. The van der Waals surface area contributed by atoms with Crippen molar-refractivity contribution in [3.8, 4) is 0 Å². The average Bonchev–Trinajstić information content (AvgIpc) is 2.11. The molecule has 0 aliphatic carbocycles. The van der Waals surface area contributed by atoms with Crippen LogP contribution in [0.2, 0.25) is 0 Å². The number of nitrogens with one attached hydrogen (secondary N) is 1. The zero-order chi connectivity index (χ0) is 9.40. The molecule has 0 saturated heterocycles. The smallest absolute Gasteiger partial charge is 0.0212 e. The molecule has 0 heterocycles. The lowest BCUT2D eigenvalue weighted by atomic mass is 10.2. The molecule has 12 heavy (non-hydrogen) atoms. The second kappa shape index (κ2) is 7.56. The molecular formula is C10H23N2. The Balaban J connectivity index is 3.68. The summed E-state index contributed by atoms with van der Waals surface area (Å²) in [7, 11) is 0. The third-order valence-corrected chi connectivity index (χ3v) is 2.19. The highest BCUT2D eigenvalue weighted by atomic mass is 15.5. The van der Waals surface area contributed by atoms with Crippen molar-refractivity contribution < 1.29 is 0 Å². The maximum absolute atomic E-state index is 3.80. The summed E-state index contributed by atoms with van der Waals surface area (Å²) in [6.07, 6.45) is 3.71. The Bertz CT molecular complexity index is 93.8. The van der Waals surface area contributed by atoms with Crippen LogP contribution in [0, 0.1) is 6.92 Å². The summed E-state index contributed by atoms with van der Waals surface area (Å²) in [5.41, 5.74) is 3.29. The van der Waals surface area contributed by atoms with E-state index in [-0.39, 0.29) is 0 Å². The van der Waals surface area contributed by atoms with Crippen molar-refractivity contribution in [1.29, 1.82) is 0 Å². The van der Waals surface area contributed by atoms with Gasteiger partial charge in [-0.05, 0) is 26.7 Å². The molecule has 1 unspecified atom stereocenters. The van der Waals surface area contributed by atoms with Gasteiger partial charge in [-0.25, -0.2) is 5.01 Å². The number of hydrogen-bond donors (Lipinski definition) is 1. The minimum Gasteiger partial charge on any atom is -0.255 e. The Morgan fingerprint density at radius 3 is 2.50 bits per heavy atom. The Kier molecular flexibility index (Phi) is 7.51. The lowest BCUT2D eigenvalue weighted by molar-refractivity contribution is 0.135. The van der Waals surface area contributed by atoms with Crippen molar-refractivity contribution in [2.45, 2.75) is 46.1 Å². The fraction of sp³-hybridized carbons (Fsp3) is 0.900. The van der Waals surface area contributed by atoms with E-state index in [9.17, 15) is 0 Å². The van der Waals surface area contributed by atoms with Crippen LogP contribution >= 0.6 is 0 Å². The van der Waals surface area contributed by atoms with Gasteiger partial charge in [0.15, 0.2) is 0 Å². The van der Waals surface area contributed by atoms with Gasteiger partial charge in [-0.3, -0.25) is 5.43 Å². The molecule has 0 bridgehead atoms. The summed E-state index contributed by atoms with van der Waals surface area (Å²) in [4.78, 5) is 0. The zero-order valence-electron chi connectivity index (χ0n) is 8.77.